The molecule has 2 atom stereocenters. The SMILES string of the molecule is COc1ccc(-n2c(C)ccc2[C@H]2[C@H](c3ccccn3)NC(=S)N2c2ccccc2F)cc1. The molecule has 0 spiro atoms. The van der Waals surface area contributed by atoms with Crippen molar-refractivity contribution in [3.8, 4) is 11.4 Å². The number of hydrogen-bond donors (Lipinski definition) is 1. The molecule has 5 rings (SSSR count). The smallest absolute Gasteiger partial charge is 0.174 e. The van der Waals surface area contributed by atoms with Crippen LogP contribution in [-0.4, -0.2) is 21.8 Å². The molecule has 0 radical (unpaired) electrons. The Balaban J connectivity index is 1.70. The molecule has 1 N–H and O–H groups in total. The number of methoxy groups -OCH3 is 1. The predicted octanol–water partition coefficient (Wildman–Crippen LogP) is 5.51. The highest BCUT2D eigenvalue weighted by Crippen LogP contribution is 2.43. The molecule has 4 aromatic rings. The predicted molar refractivity (Wildman–Crippen MR) is 131 cm³/mol. The van der Waals surface area contributed by atoms with E-state index in [1.54, 1.807) is 25.4 Å². The fourth-order valence-electron chi connectivity index (χ4n) is 4.44. The first-order chi connectivity index (χ1) is 16.1. The quantitative estimate of drug-likeness (QED) is 0.400. The molecule has 5 nitrogen and oxygen atoms in total. The van der Waals surface area contributed by atoms with E-state index in [2.05, 4.69) is 33.9 Å². The van der Waals surface area contributed by atoms with Crippen molar-refractivity contribution in [2.45, 2.75) is 19.0 Å². The Morgan fingerprint density at radius 3 is 2.42 bits per heavy atom. The fourth-order valence-corrected chi connectivity index (χ4v) is 4.77. The Morgan fingerprint density at radius 2 is 1.73 bits per heavy atom. The maximum atomic E-state index is 15.0. The summed E-state index contributed by atoms with van der Waals surface area (Å²) in [6.45, 7) is 2.05. The summed E-state index contributed by atoms with van der Waals surface area (Å²) in [6.07, 6.45) is 1.76. The first-order valence-corrected chi connectivity index (χ1v) is 11.1. The van der Waals surface area contributed by atoms with Gasteiger partial charge in [-0.3, -0.25) is 4.98 Å². The van der Waals surface area contributed by atoms with Gasteiger partial charge in [-0.25, -0.2) is 4.39 Å². The van der Waals surface area contributed by atoms with E-state index in [1.807, 2.05) is 53.4 Å². The number of aromatic nitrogens is 2. The average Bonchev–Trinajstić information content (AvgIpc) is 3.39. The van der Waals surface area contributed by atoms with Crippen molar-refractivity contribution in [1.29, 1.82) is 0 Å². The molecule has 1 aliphatic heterocycles. The molecule has 166 valence electrons. The zero-order chi connectivity index (χ0) is 22.9. The highest BCUT2D eigenvalue weighted by Gasteiger charge is 2.43. The third-order valence-corrected chi connectivity index (χ3v) is 6.26. The van der Waals surface area contributed by atoms with Gasteiger partial charge in [0.15, 0.2) is 5.11 Å². The summed E-state index contributed by atoms with van der Waals surface area (Å²) in [4.78, 5) is 6.44. The number of anilines is 1. The third kappa shape index (κ3) is 3.74. The lowest BCUT2D eigenvalue weighted by Crippen LogP contribution is -2.31. The van der Waals surface area contributed by atoms with Crippen molar-refractivity contribution in [1.82, 2.24) is 14.9 Å². The number of rotatable bonds is 5. The van der Waals surface area contributed by atoms with Crippen LogP contribution in [0.4, 0.5) is 10.1 Å². The molecule has 2 aromatic heterocycles. The molecule has 0 bridgehead atoms. The highest BCUT2D eigenvalue weighted by atomic mass is 32.1. The van der Waals surface area contributed by atoms with E-state index >= 15 is 0 Å². The first-order valence-electron chi connectivity index (χ1n) is 10.7. The second-order valence-electron chi connectivity index (χ2n) is 7.88. The minimum Gasteiger partial charge on any atom is -0.497 e. The van der Waals surface area contributed by atoms with Crippen LogP contribution in [0.25, 0.3) is 5.69 Å². The van der Waals surface area contributed by atoms with Crippen LogP contribution in [-0.2, 0) is 0 Å². The molecular formula is C26H23FN4OS. The minimum atomic E-state index is -0.326. The lowest BCUT2D eigenvalue weighted by molar-refractivity contribution is 0.414. The molecule has 1 saturated heterocycles. The fraction of sp³-hybridized carbons (Fsp3) is 0.154. The number of nitrogens with one attached hydrogen (secondary N) is 1. The van der Waals surface area contributed by atoms with Crippen LogP contribution in [0.5, 0.6) is 5.75 Å². The molecule has 0 amide bonds. The van der Waals surface area contributed by atoms with E-state index in [9.17, 15) is 4.39 Å². The molecule has 33 heavy (non-hydrogen) atoms. The van der Waals surface area contributed by atoms with Crippen LogP contribution in [0.2, 0.25) is 0 Å². The van der Waals surface area contributed by atoms with Gasteiger partial charge in [-0.1, -0.05) is 18.2 Å². The van der Waals surface area contributed by atoms with Gasteiger partial charge in [-0.05, 0) is 79.8 Å². The lowest BCUT2D eigenvalue weighted by atomic mass is 10.0. The minimum absolute atomic E-state index is 0.260. The molecule has 0 unspecified atom stereocenters. The Bertz CT molecular complexity index is 1290. The Hall–Kier alpha value is -3.71. The van der Waals surface area contributed by atoms with Crippen molar-refractivity contribution in [2.75, 3.05) is 12.0 Å². The number of pyridine rings is 1. The second-order valence-corrected chi connectivity index (χ2v) is 8.27. The number of halogens is 1. The van der Waals surface area contributed by atoms with Gasteiger partial charge in [0, 0.05) is 23.3 Å². The molecule has 7 heteroatoms. The maximum absolute atomic E-state index is 15.0. The standard InChI is InChI=1S/C26H23FN4OS/c1-17-10-15-23(30(17)18-11-13-19(32-2)14-12-18)25-24(21-8-5-6-16-28-21)29-26(33)31(25)22-9-4-3-7-20(22)27/h3-16,24-25H,1-2H3,(H,29,33)/t24-,25-/m0/s1. The van der Waals surface area contributed by atoms with E-state index in [-0.39, 0.29) is 17.9 Å². The number of benzene rings is 2. The van der Waals surface area contributed by atoms with Crippen molar-refractivity contribution in [3.05, 3.63) is 108 Å². The van der Waals surface area contributed by atoms with E-state index in [4.69, 9.17) is 17.0 Å². The third-order valence-electron chi connectivity index (χ3n) is 5.95. The van der Waals surface area contributed by atoms with Gasteiger partial charge >= 0.3 is 0 Å². The van der Waals surface area contributed by atoms with Gasteiger partial charge in [0.1, 0.15) is 17.6 Å². The van der Waals surface area contributed by atoms with E-state index in [0.29, 0.717) is 10.8 Å². The van der Waals surface area contributed by atoms with Gasteiger partial charge in [0.05, 0.1) is 24.5 Å². The van der Waals surface area contributed by atoms with Gasteiger partial charge in [-0.2, -0.15) is 0 Å². The van der Waals surface area contributed by atoms with Crippen LogP contribution in [0.15, 0.2) is 85.1 Å². The molecule has 1 fully saturated rings. The van der Waals surface area contributed by atoms with Crippen LogP contribution in [0.3, 0.4) is 0 Å². The van der Waals surface area contributed by atoms with E-state index < -0.39 is 0 Å². The summed E-state index contributed by atoms with van der Waals surface area (Å²) >= 11 is 5.73. The molecular weight excluding hydrogens is 435 g/mol. The van der Waals surface area contributed by atoms with Gasteiger partial charge in [-0.15, -0.1) is 0 Å². The number of para-hydroxylation sites is 1. The maximum Gasteiger partial charge on any atom is 0.174 e. The van der Waals surface area contributed by atoms with Gasteiger partial charge in [0.25, 0.3) is 0 Å². The highest BCUT2D eigenvalue weighted by molar-refractivity contribution is 7.80. The summed E-state index contributed by atoms with van der Waals surface area (Å²) in [5, 5.41) is 3.85. The summed E-state index contributed by atoms with van der Waals surface area (Å²) in [5.41, 5.74) is 4.28. The van der Waals surface area contributed by atoms with Crippen LogP contribution in [0.1, 0.15) is 29.2 Å². The Labute approximate surface area is 197 Å². The number of ether oxygens (including phenoxy) is 1. The zero-order valence-corrected chi connectivity index (χ0v) is 19.1. The first kappa shape index (κ1) is 21.2. The average molecular weight is 459 g/mol. The summed E-state index contributed by atoms with van der Waals surface area (Å²) in [7, 11) is 1.65. The molecule has 0 aliphatic carbocycles. The van der Waals surface area contributed by atoms with Crippen molar-refractivity contribution < 1.29 is 9.13 Å². The summed E-state index contributed by atoms with van der Waals surface area (Å²) < 4.78 is 22.5. The molecule has 3 heterocycles. The lowest BCUT2D eigenvalue weighted by Gasteiger charge is -2.29. The number of thiocarbonyl (C=S) groups is 1. The summed E-state index contributed by atoms with van der Waals surface area (Å²) in [6, 6.07) is 24.0. The van der Waals surface area contributed by atoms with Crippen molar-refractivity contribution in [3.63, 3.8) is 0 Å². The molecule has 0 saturated carbocycles. The topological polar surface area (TPSA) is 42.3 Å². The normalized spacial score (nSPS) is 17.8. The summed E-state index contributed by atoms with van der Waals surface area (Å²) in [5.74, 6) is 0.459. The second kappa shape index (κ2) is 8.67. The largest absolute Gasteiger partial charge is 0.497 e. The number of hydrogen-bond acceptors (Lipinski definition) is 3. The number of aryl methyl sites for hydroxylation is 1. The molecule has 1 aliphatic rings. The van der Waals surface area contributed by atoms with Crippen molar-refractivity contribution in [2.24, 2.45) is 0 Å². The van der Waals surface area contributed by atoms with E-state index in [0.717, 1.165) is 28.5 Å². The van der Waals surface area contributed by atoms with Crippen LogP contribution >= 0.6 is 12.2 Å². The Morgan fingerprint density at radius 1 is 0.970 bits per heavy atom. The van der Waals surface area contributed by atoms with Crippen LogP contribution in [0, 0.1) is 12.7 Å². The monoisotopic (exact) mass is 458 g/mol. The van der Waals surface area contributed by atoms with Crippen LogP contribution < -0.4 is 15.0 Å². The molecule has 2 aromatic carbocycles. The zero-order valence-electron chi connectivity index (χ0n) is 18.3. The Kier molecular flexibility index (Phi) is 5.56. The van der Waals surface area contributed by atoms with Gasteiger partial charge < -0.3 is 19.5 Å². The van der Waals surface area contributed by atoms with Crippen molar-refractivity contribution >= 4 is 23.0 Å². The van der Waals surface area contributed by atoms with E-state index in [1.165, 1.54) is 6.07 Å². The van der Waals surface area contributed by atoms with Gasteiger partial charge in [0.2, 0.25) is 0 Å². The number of nitrogens with zero attached hydrogens (tertiary/aromatic N) is 3.